The Bertz CT molecular complexity index is 1500. The van der Waals surface area contributed by atoms with E-state index in [0.717, 1.165) is 16.8 Å². The standard InChI is InChI=1S/C35H28N2/c1-26-21-23-27(24-22-26)31-19-11-12-20-32(31)34-33(25-36-37-34)35(28-13-5-2-6-14-28,29-15-7-3-8-16-29)30-17-9-4-10-18-30/h2-25H,1H3,(H,36,37). The van der Waals surface area contributed by atoms with Gasteiger partial charge >= 0.3 is 0 Å². The van der Waals surface area contributed by atoms with Crippen molar-refractivity contribution >= 4 is 0 Å². The summed E-state index contributed by atoms with van der Waals surface area (Å²) in [6, 6.07) is 49.6. The highest BCUT2D eigenvalue weighted by atomic mass is 15.1. The van der Waals surface area contributed by atoms with Gasteiger partial charge in [-0.2, -0.15) is 5.10 Å². The molecule has 0 saturated carbocycles. The SMILES string of the molecule is Cc1ccc(-c2ccccc2-c2n[nH]cc2C(c2ccccc2)(c2ccccc2)c2ccccc2)cc1. The number of benzene rings is 5. The fourth-order valence-corrected chi connectivity index (χ4v) is 5.49. The first kappa shape index (κ1) is 22.8. The van der Waals surface area contributed by atoms with Crippen LogP contribution in [0.1, 0.15) is 27.8 Å². The third-order valence-corrected chi connectivity index (χ3v) is 7.21. The second-order valence-electron chi connectivity index (χ2n) is 9.41. The number of aryl methyl sites for hydroxylation is 1. The zero-order chi connectivity index (χ0) is 25.1. The summed E-state index contributed by atoms with van der Waals surface area (Å²) >= 11 is 0. The van der Waals surface area contributed by atoms with E-state index in [1.54, 1.807) is 0 Å². The quantitative estimate of drug-likeness (QED) is 0.240. The summed E-state index contributed by atoms with van der Waals surface area (Å²) in [5.74, 6) is 0. The molecule has 2 heteroatoms. The molecule has 1 heterocycles. The summed E-state index contributed by atoms with van der Waals surface area (Å²) in [6.45, 7) is 2.12. The summed E-state index contributed by atoms with van der Waals surface area (Å²) in [6.07, 6.45) is 2.08. The molecule has 0 unspecified atom stereocenters. The van der Waals surface area contributed by atoms with Crippen LogP contribution in [0, 0.1) is 6.92 Å². The zero-order valence-electron chi connectivity index (χ0n) is 20.8. The number of nitrogens with one attached hydrogen (secondary N) is 1. The number of hydrogen-bond donors (Lipinski definition) is 1. The van der Waals surface area contributed by atoms with E-state index in [1.165, 1.54) is 33.4 Å². The van der Waals surface area contributed by atoms with E-state index < -0.39 is 5.41 Å². The molecule has 0 bridgehead atoms. The first-order valence-corrected chi connectivity index (χ1v) is 12.7. The predicted octanol–water partition coefficient (Wildman–Crippen LogP) is 8.43. The molecule has 6 rings (SSSR count). The summed E-state index contributed by atoms with van der Waals surface area (Å²) in [5, 5.41) is 8.16. The van der Waals surface area contributed by atoms with E-state index >= 15 is 0 Å². The van der Waals surface area contributed by atoms with Crippen LogP contribution in [0.2, 0.25) is 0 Å². The third-order valence-electron chi connectivity index (χ3n) is 7.21. The number of H-pyrrole nitrogens is 1. The second-order valence-corrected chi connectivity index (χ2v) is 9.41. The van der Waals surface area contributed by atoms with Gasteiger partial charge in [-0.15, -0.1) is 0 Å². The van der Waals surface area contributed by atoms with Gasteiger partial charge in [-0.05, 0) is 34.7 Å². The molecule has 0 aliphatic heterocycles. The van der Waals surface area contributed by atoms with Crippen LogP contribution < -0.4 is 0 Å². The van der Waals surface area contributed by atoms with Crippen molar-refractivity contribution in [2.24, 2.45) is 0 Å². The van der Waals surface area contributed by atoms with Crippen molar-refractivity contribution in [1.29, 1.82) is 0 Å². The highest BCUT2D eigenvalue weighted by Gasteiger charge is 2.41. The Kier molecular flexibility index (Phi) is 6.00. The van der Waals surface area contributed by atoms with Crippen LogP contribution >= 0.6 is 0 Å². The lowest BCUT2D eigenvalue weighted by Crippen LogP contribution is -2.31. The zero-order valence-corrected chi connectivity index (χ0v) is 20.8. The number of rotatable bonds is 6. The average Bonchev–Trinajstić information content (AvgIpc) is 3.46. The van der Waals surface area contributed by atoms with Crippen molar-refractivity contribution in [2.45, 2.75) is 12.3 Å². The molecule has 0 amide bonds. The van der Waals surface area contributed by atoms with Crippen molar-refractivity contribution in [2.75, 3.05) is 0 Å². The average molecular weight is 477 g/mol. The summed E-state index contributed by atoms with van der Waals surface area (Å²) in [4.78, 5) is 0. The molecule has 37 heavy (non-hydrogen) atoms. The van der Waals surface area contributed by atoms with Crippen LogP contribution in [0.4, 0.5) is 0 Å². The molecule has 0 aliphatic carbocycles. The van der Waals surface area contributed by atoms with Gasteiger partial charge < -0.3 is 0 Å². The lowest BCUT2D eigenvalue weighted by atomic mass is 9.64. The van der Waals surface area contributed by atoms with Gasteiger partial charge in [0.2, 0.25) is 0 Å². The van der Waals surface area contributed by atoms with Crippen molar-refractivity contribution in [1.82, 2.24) is 10.2 Å². The number of nitrogens with zero attached hydrogens (tertiary/aromatic N) is 1. The largest absolute Gasteiger partial charge is 0.285 e. The van der Waals surface area contributed by atoms with E-state index in [-0.39, 0.29) is 0 Å². The molecule has 2 nitrogen and oxygen atoms in total. The fraction of sp³-hybridized carbons (Fsp3) is 0.0571. The van der Waals surface area contributed by atoms with Crippen molar-refractivity contribution in [3.8, 4) is 22.4 Å². The summed E-state index contributed by atoms with van der Waals surface area (Å²) in [5.41, 5.74) is 9.80. The first-order valence-electron chi connectivity index (χ1n) is 12.7. The molecule has 6 aromatic rings. The maximum atomic E-state index is 4.91. The maximum Gasteiger partial charge on any atom is 0.0974 e. The van der Waals surface area contributed by atoms with Crippen molar-refractivity contribution in [3.63, 3.8) is 0 Å². The van der Waals surface area contributed by atoms with E-state index in [4.69, 9.17) is 5.10 Å². The lowest BCUT2D eigenvalue weighted by molar-refractivity contribution is 0.747. The number of aromatic amines is 1. The topological polar surface area (TPSA) is 28.7 Å². The van der Waals surface area contributed by atoms with Crippen LogP contribution in [0.15, 0.2) is 146 Å². The molecule has 0 atom stereocenters. The molecular formula is C35H28N2. The van der Waals surface area contributed by atoms with Gasteiger partial charge in [-0.1, -0.05) is 145 Å². The Morgan fingerprint density at radius 3 is 1.49 bits per heavy atom. The van der Waals surface area contributed by atoms with Gasteiger partial charge in [0.1, 0.15) is 0 Å². The molecule has 0 fully saturated rings. The Labute approximate surface area is 218 Å². The van der Waals surface area contributed by atoms with Crippen LogP contribution in [0.3, 0.4) is 0 Å². The summed E-state index contributed by atoms with van der Waals surface area (Å²) in [7, 11) is 0. The van der Waals surface area contributed by atoms with Crippen molar-refractivity contribution < 1.29 is 0 Å². The highest BCUT2D eigenvalue weighted by Crippen LogP contribution is 2.48. The van der Waals surface area contributed by atoms with Gasteiger partial charge in [-0.3, -0.25) is 5.10 Å². The first-order chi connectivity index (χ1) is 18.3. The number of hydrogen-bond acceptors (Lipinski definition) is 1. The smallest absolute Gasteiger partial charge is 0.0974 e. The fourth-order valence-electron chi connectivity index (χ4n) is 5.49. The Balaban J connectivity index is 1.69. The van der Waals surface area contributed by atoms with Gasteiger partial charge in [0.05, 0.1) is 11.1 Å². The van der Waals surface area contributed by atoms with Gasteiger partial charge in [0, 0.05) is 17.3 Å². The molecule has 1 aromatic heterocycles. The van der Waals surface area contributed by atoms with Gasteiger partial charge in [0.15, 0.2) is 0 Å². The van der Waals surface area contributed by atoms with Crippen LogP contribution in [0.5, 0.6) is 0 Å². The number of aromatic nitrogens is 2. The Morgan fingerprint density at radius 2 is 0.973 bits per heavy atom. The Morgan fingerprint density at radius 1 is 0.514 bits per heavy atom. The molecule has 0 aliphatic rings. The normalized spacial score (nSPS) is 11.4. The minimum Gasteiger partial charge on any atom is -0.285 e. The van der Waals surface area contributed by atoms with E-state index in [0.29, 0.717) is 0 Å². The van der Waals surface area contributed by atoms with E-state index in [2.05, 4.69) is 158 Å². The van der Waals surface area contributed by atoms with Gasteiger partial charge in [-0.25, -0.2) is 0 Å². The minimum atomic E-state index is -0.563. The van der Waals surface area contributed by atoms with Crippen LogP contribution in [0.25, 0.3) is 22.4 Å². The molecule has 0 saturated heterocycles. The van der Waals surface area contributed by atoms with Gasteiger partial charge in [0.25, 0.3) is 0 Å². The Hall–Kier alpha value is -4.69. The second kappa shape index (κ2) is 9.75. The minimum absolute atomic E-state index is 0.563. The maximum absolute atomic E-state index is 4.91. The summed E-state index contributed by atoms with van der Waals surface area (Å²) < 4.78 is 0. The predicted molar refractivity (Wildman–Crippen MR) is 153 cm³/mol. The third kappa shape index (κ3) is 3.97. The van der Waals surface area contributed by atoms with Crippen LogP contribution in [-0.4, -0.2) is 10.2 Å². The molecule has 0 spiro atoms. The molecule has 0 radical (unpaired) electrons. The molecule has 1 N–H and O–H groups in total. The van der Waals surface area contributed by atoms with Crippen molar-refractivity contribution in [3.05, 3.63) is 174 Å². The van der Waals surface area contributed by atoms with E-state index in [1.807, 2.05) is 0 Å². The monoisotopic (exact) mass is 476 g/mol. The highest BCUT2D eigenvalue weighted by molar-refractivity contribution is 5.85. The lowest BCUT2D eigenvalue weighted by Gasteiger charge is -2.36. The molecular weight excluding hydrogens is 448 g/mol. The molecule has 5 aromatic carbocycles. The molecule has 178 valence electrons. The van der Waals surface area contributed by atoms with Crippen LogP contribution in [-0.2, 0) is 5.41 Å². The van der Waals surface area contributed by atoms with E-state index in [9.17, 15) is 0 Å².